The van der Waals surface area contributed by atoms with E-state index in [4.69, 9.17) is 9.15 Å². The van der Waals surface area contributed by atoms with Crippen LogP contribution in [0.4, 0.5) is 0 Å². The lowest BCUT2D eigenvalue weighted by Gasteiger charge is -2.34. The SMILES string of the molecule is COc1cc2oc(C)c(C)c2cc1/C(C)=C/C(=O)N1CCN(Cc2ccncc2)CC1. The molecule has 0 atom stereocenters. The number of ether oxygens (including phenoxy) is 1. The quantitative estimate of drug-likeness (QED) is 0.580. The Morgan fingerprint density at radius 2 is 1.87 bits per heavy atom. The number of piperazine rings is 1. The van der Waals surface area contributed by atoms with Crippen LogP contribution in [0.15, 0.2) is 47.2 Å². The monoisotopic (exact) mass is 419 g/mol. The number of furan rings is 1. The number of carbonyl (C=O) groups excluding carboxylic acids is 1. The first-order valence-corrected chi connectivity index (χ1v) is 10.6. The summed E-state index contributed by atoms with van der Waals surface area (Å²) in [6, 6.07) is 8.05. The van der Waals surface area contributed by atoms with Crippen LogP contribution in [0, 0.1) is 13.8 Å². The van der Waals surface area contributed by atoms with Gasteiger partial charge in [-0.05, 0) is 55.7 Å². The molecule has 1 aliphatic heterocycles. The molecule has 0 aliphatic carbocycles. The number of aromatic nitrogens is 1. The minimum absolute atomic E-state index is 0.0447. The Balaban J connectivity index is 1.46. The average molecular weight is 420 g/mol. The standard InChI is InChI=1S/C25H29N3O3/c1-17(21-14-22-18(2)19(3)31-24(22)15-23(21)30-4)13-25(29)28-11-9-27(10-12-28)16-20-5-7-26-8-6-20/h5-8,13-15H,9-12,16H2,1-4H3/b17-13+. The molecule has 2 aromatic heterocycles. The number of rotatable bonds is 5. The van der Waals surface area contributed by atoms with Gasteiger partial charge in [-0.3, -0.25) is 14.7 Å². The smallest absolute Gasteiger partial charge is 0.246 e. The van der Waals surface area contributed by atoms with Gasteiger partial charge >= 0.3 is 0 Å². The van der Waals surface area contributed by atoms with Crippen LogP contribution in [0.3, 0.4) is 0 Å². The van der Waals surface area contributed by atoms with E-state index in [1.165, 1.54) is 5.56 Å². The lowest BCUT2D eigenvalue weighted by Crippen LogP contribution is -2.47. The molecule has 31 heavy (non-hydrogen) atoms. The number of carbonyl (C=O) groups is 1. The van der Waals surface area contributed by atoms with Crippen LogP contribution in [0.2, 0.25) is 0 Å². The number of amides is 1. The van der Waals surface area contributed by atoms with Crippen molar-refractivity contribution in [2.45, 2.75) is 27.3 Å². The molecular weight excluding hydrogens is 390 g/mol. The molecule has 162 valence electrons. The lowest BCUT2D eigenvalue weighted by atomic mass is 10.0. The zero-order valence-corrected chi connectivity index (χ0v) is 18.6. The number of hydrogen-bond acceptors (Lipinski definition) is 5. The summed E-state index contributed by atoms with van der Waals surface area (Å²) >= 11 is 0. The molecule has 3 aromatic rings. The number of methoxy groups -OCH3 is 1. The Hall–Kier alpha value is -3.12. The number of allylic oxidation sites excluding steroid dienone is 1. The fraction of sp³-hybridized carbons (Fsp3) is 0.360. The largest absolute Gasteiger partial charge is 0.496 e. The number of nitrogens with zero attached hydrogens (tertiary/aromatic N) is 3. The highest BCUT2D eigenvalue weighted by Crippen LogP contribution is 2.34. The van der Waals surface area contributed by atoms with Gasteiger partial charge in [0.05, 0.1) is 7.11 Å². The van der Waals surface area contributed by atoms with Crippen LogP contribution >= 0.6 is 0 Å². The molecule has 1 aliphatic rings. The molecule has 0 unspecified atom stereocenters. The molecule has 0 saturated carbocycles. The first-order valence-electron chi connectivity index (χ1n) is 10.6. The normalized spacial score (nSPS) is 15.5. The van der Waals surface area contributed by atoms with Crippen molar-refractivity contribution >= 4 is 22.4 Å². The number of benzene rings is 1. The van der Waals surface area contributed by atoms with Gasteiger partial charge < -0.3 is 14.1 Å². The molecule has 0 N–H and O–H groups in total. The second-order valence-electron chi connectivity index (χ2n) is 8.12. The van der Waals surface area contributed by atoms with Crippen molar-refractivity contribution < 1.29 is 13.9 Å². The molecule has 1 fully saturated rings. The maximum atomic E-state index is 12.9. The van der Waals surface area contributed by atoms with Gasteiger partial charge in [-0.25, -0.2) is 0 Å². The van der Waals surface area contributed by atoms with Gasteiger partial charge in [0.15, 0.2) is 0 Å². The molecule has 6 heteroatoms. The van der Waals surface area contributed by atoms with E-state index >= 15 is 0 Å². The molecule has 0 spiro atoms. The first-order chi connectivity index (χ1) is 15.0. The molecule has 1 aromatic carbocycles. The third kappa shape index (κ3) is 4.49. The first kappa shape index (κ1) is 21.1. The van der Waals surface area contributed by atoms with Crippen LogP contribution in [-0.2, 0) is 11.3 Å². The van der Waals surface area contributed by atoms with Crippen molar-refractivity contribution in [2.75, 3.05) is 33.3 Å². The van der Waals surface area contributed by atoms with Crippen molar-refractivity contribution in [2.24, 2.45) is 0 Å². The van der Waals surface area contributed by atoms with Gasteiger partial charge in [0.25, 0.3) is 0 Å². The summed E-state index contributed by atoms with van der Waals surface area (Å²) in [5.41, 5.74) is 4.98. The van der Waals surface area contributed by atoms with Crippen LogP contribution in [0.1, 0.15) is 29.4 Å². The van der Waals surface area contributed by atoms with E-state index in [-0.39, 0.29) is 5.91 Å². The summed E-state index contributed by atoms with van der Waals surface area (Å²) in [5.74, 6) is 1.66. The fourth-order valence-corrected chi connectivity index (χ4v) is 4.07. The minimum atomic E-state index is 0.0447. The third-order valence-corrected chi connectivity index (χ3v) is 6.10. The molecule has 4 rings (SSSR count). The maximum Gasteiger partial charge on any atom is 0.246 e. The summed E-state index contributed by atoms with van der Waals surface area (Å²) in [4.78, 5) is 21.3. The van der Waals surface area contributed by atoms with Crippen LogP contribution in [0.5, 0.6) is 5.75 Å². The number of hydrogen-bond donors (Lipinski definition) is 0. The number of pyridine rings is 1. The van der Waals surface area contributed by atoms with E-state index in [0.717, 1.165) is 66.2 Å². The highest BCUT2D eigenvalue weighted by molar-refractivity contribution is 5.97. The van der Waals surface area contributed by atoms with E-state index in [0.29, 0.717) is 5.75 Å². The van der Waals surface area contributed by atoms with Crippen molar-refractivity contribution in [3.8, 4) is 5.75 Å². The Morgan fingerprint density at radius 3 is 2.55 bits per heavy atom. The van der Waals surface area contributed by atoms with Crippen molar-refractivity contribution in [1.82, 2.24) is 14.8 Å². The van der Waals surface area contributed by atoms with Gasteiger partial charge in [-0.2, -0.15) is 0 Å². The Bertz CT molecular complexity index is 1110. The fourth-order valence-electron chi connectivity index (χ4n) is 4.07. The molecule has 3 heterocycles. The summed E-state index contributed by atoms with van der Waals surface area (Å²) < 4.78 is 11.4. The summed E-state index contributed by atoms with van der Waals surface area (Å²) in [6.07, 6.45) is 5.37. The molecule has 1 saturated heterocycles. The lowest BCUT2D eigenvalue weighted by molar-refractivity contribution is -0.127. The third-order valence-electron chi connectivity index (χ3n) is 6.10. The summed E-state index contributed by atoms with van der Waals surface area (Å²) in [7, 11) is 1.64. The zero-order valence-electron chi connectivity index (χ0n) is 18.6. The molecule has 1 amide bonds. The second-order valence-corrected chi connectivity index (χ2v) is 8.12. The zero-order chi connectivity index (χ0) is 22.0. The van der Waals surface area contributed by atoms with Gasteiger partial charge in [-0.1, -0.05) is 0 Å². The Labute approximate surface area is 183 Å². The minimum Gasteiger partial charge on any atom is -0.496 e. The average Bonchev–Trinajstić information content (AvgIpc) is 3.06. The van der Waals surface area contributed by atoms with E-state index in [1.54, 1.807) is 13.2 Å². The van der Waals surface area contributed by atoms with Gasteiger partial charge in [0.1, 0.15) is 17.1 Å². The van der Waals surface area contributed by atoms with E-state index in [2.05, 4.69) is 16.0 Å². The predicted octanol–water partition coefficient (Wildman–Crippen LogP) is 4.20. The van der Waals surface area contributed by atoms with Crippen LogP contribution < -0.4 is 4.74 Å². The van der Waals surface area contributed by atoms with Crippen molar-refractivity contribution in [1.29, 1.82) is 0 Å². The maximum absolute atomic E-state index is 12.9. The molecule has 0 radical (unpaired) electrons. The van der Waals surface area contributed by atoms with E-state index < -0.39 is 0 Å². The van der Waals surface area contributed by atoms with Gasteiger partial charge in [0, 0.05) is 68.2 Å². The summed E-state index contributed by atoms with van der Waals surface area (Å²) in [6.45, 7) is 10.0. The van der Waals surface area contributed by atoms with E-state index in [9.17, 15) is 4.79 Å². The Kier molecular flexibility index (Phi) is 6.09. The number of fused-ring (bicyclic) bond motifs is 1. The predicted molar refractivity (Wildman–Crippen MR) is 122 cm³/mol. The van der Waals surface area contributed by atoms with Crippen molar-refractivity contribution in [3.05, 3.63) is 65.2 Å². The highest BCUT2D eigenvalue weighted by Gasteiger charge is 2.21. The van der Waals surface area contributed by atoms with Crippen molar-refractivity contribution in [3.63, 3.8) is 0 Å². The summed E-state index contributed by atoms with van der Waals surface area (Å²) in [5, 5.41) is 1.05. The van der Waals surface area contributed by atoms with Gasteiger partial charge in [-0.15, -0.1) is 0 Å². The number of aryl methyl sites for hydroxylation is 2. The van der Waals surface area contributed by atoms with Crippen LogP contribution in [0.25, 0.3) is 16.5 Å². The van der Waals surface area contributed by atoms with E-state index in [1.807, 2.05) is 56.3 Å². The molecular formula is C25H29N3O3. The topological polar surface area (TPSA) is 58.8 Å². The second kappa shape index (κ2) is 8.94. The van der Waals surface area contributed by atoms with Gasteiger partial charge in [0.2, 0.25) is 5.91 Å². The van der Waals surface area contributed by atoms with Crippen LogP contribution in [-0.4, -0.2) is 54.0 Å². The highest BCUT2D eigenvalue weighted by atomic mass is 16.5. The molecule has 0 bridgehead atoms. The Morgan fingerprint density at radius 1 is 1.16 bits per heavy atom. The molecule has 6 nitrogen and oxygen atoms in total.